The van der Waals surface area contributed by atoms with Crippen molar-refractivity contribution < 1.29 is 14.3 Å². The summed E-state index contributed by atoms with van der Waals surface area (Å²) in [5.74, 6) is 1.10. The van der Waals surface area contributed by atoms with Crippen molar-refractivity contribution in [3.63, 3.8) is 0 Å². The Morgan fingerprint density at radius 2 is 1.03 bits per heavy atom. The van der Waals surface area contributed by atoms with E-state index in [1.54, 1.807) is 0 Å². The summed E-state index contributed by atoms with van der Waals surface area (Å²) >= 11 is 21.2. The molecule has 2 unspecified atom stereocenters. The first-order valence-corrected chi connectivity index (χ1v) is 15.5. The van der Waals surface area contributed by atoms with Crippen LogP contribution in [-0.4, -0.2) is 29.7 Å². The second-order valence-electron chi connectivity index (χ2n) is 7.26. The minimum absolute atomic E-state index is 0.142. The third-order valence-corrected chi connectivity index (χ3v) is 8.42. The fourth-order valence-corrected chi connectivity index (χ4v) is 6.46. The van der Waals surface area contributed by atoms with Gasteiger partial charge in [-0.2, -0.15) is 0 Å². The minimum atomic E-state index is -0.276. The maximum Gasteiger partial charge on any atom is 0.147 e. The van der Waals surface area contributed by atoms with Crippen molar-refractivity contribution in [2.45, 2.75) is 38.5 Å². The van der Waals surface area contributed by atoms with E-state index in [9.17, 15) is 4.79 Å². The summed E-state index contributed by atoms with van der Waals surface area (Å²) in [5.41, 5.74) is 1.86. The number of hydrogen-bond donors (Lipinski definition) is 0. The van der Waals surface area contributed by atoms with Gasteiger partial charge in [-0.1, -0.05) is 45.7 Å². The van der Waals surface area contributed by atoms with Gasteiger partial charge in [0, 0.05) is 22.5 Å². The van der Waals surface area contributed by atoms with Gasteiger partial charge in [0.05, 0.1) is 31.1 Å². The number of ether oxygens (including phenoxy) is 2. The number of Topliss-reactive ketones (excluding diaryl/α,β-unsaturated/α-hetero) is 1. The number of alkyl halides is 2. The number of benzene rings is 2. The summed E-state index contributed by atoms with van der Waals surface area (Å²) < 4.78 is 15.0. The fourth-order valence-electron chi connectivity index (χ4n) is 3.10. The van der Waals surface area contributed by atoms with Gasteiger partial charge in [-0.05, 0) is 112 Å². The lowest BCUT2D eigenvalue weighted by Crippen LogP contribution is -2.17. The molecular formula is C23H24Br6O3. The smallest absolute Gasteiger partial charge is 0.147 e. The molecule has 0 radical (unpaired) electrons. The number of carbonyl (C=O) groups is 1. The maximum atomic E-state index is 13.3. The quantitative estimate of drug-likeness (QED) is 0.158. The van der Waals surface area contributed by atoms with E-state index in [0.717, 1.165) is 64.0 Å². The highest BCUT2D eigenvalue weighted by atomic mass is 79.9. The second-order valence-corrected chi connectivity index (χ2v) is 12.3. The Kier molecular flexibility index (Phi) is 12.8. The molecule has 9 heteroatoms. The summed E-state index contributed by atoms with van der Waals surface area (Å²) in [6, 6.07) is 7.87. The molecule has 2 aromatic rings. The molecule has 176 valence electrons. The highest BCUT2D eigenvalue weighted by molar-refractivity contribution is 9.11. The van der Waals surface area contributed by atoms with E-state index in [0.29, 0.717) is 13.2 Å². The van der Waals surface area contributed by atoms with E-state index in [1.165, 1.54) is 0 Å². The maximum absolute atomic E-state index is 13.3. The van der Waals surface area contributed by atoms with E-state index in [4.69, 9.17) is 9.47 Å². The molecule has 0 N–H and O–H groups in total. The lowest BCUT2D eigenvalue weighted by Gasteiger charge is -2.20. The number of ketones is 1. The fraction of sp³-hybridized carbons (Fsp3) is 0.435. The summed E-state index contributed by atoms with van der Waals surface area (Å²) in [7, 11) is 0. The highest BCUT2D eigenvalue weighted by Gasteiger charge is 2.25. The van der Waals surface area contributed by atoms with Crippen LogP contribution in [-0.2, 0) is 4.79 Å². The molecule has 0 spiro atoms. The standard InChI is InChI=1S/C23H24Br6O3/c1-13(15-9-17(26)22(18(27)10-15)31-7-3-5-24)21(30)14(2)16-11-19(28)23(20(29)12-16)32-8-4-6-25/h9-14H,3-8H2,1-2H3. The van der Waals surface area contributed by atoms with Gasteiger partial charge in [-0.15, -0.1) is 0 Å². The molecule has 0 saturated heterocycles. The molecule has 0 heterocycles. The highest BCUT2D eigenvalue weighted by Crippen LogP contribution is 2.40. The van der Waals surface area contributed by atoms with Gasteiger partial charge in [-0.3, -0.25) is 4.79 Å². The van der Waals surface area contributed by atoms with Crippen molar-refractivity contribution in [3.05, 3.63) is 53.3 Å². The van der Waals surface area contributed by atoms with E-state index in [2.05, 4.69) is 95.6 Å². The summed E-state index contributed by atoms with van der Waals surface area (Å²) in [6.07, 6.45) is 1.83. The zero-order chi connectivity index (χ0) is 23.8. The third kappa shape index (κ3) is 7.80. The van der Waals surface area contributed by atoms with Gasteiger partial charge in [0.2, 0.25) is 0 Å². The summed E-state index contributed by atoms with van der Waals surface area (Å²) in [5, 5.41) is 1.78. The Balaban J connectivity index is 2.20. The zero-order valence-electron chi connectivity index (χ0n) is 17.7. The topological polar surface area (TPSA) is 35.5 Å². The molecule has 0 aliphatic heterocycles. The van der Waals surface area contributed by atoms with Crippen molar-refractivity contribution in [1.29, 1.82) is 0 Å². The number of hydrogen-bond acceptors (Lipinski definition) is 3. The largest absolute Gasteiger partial charge is 0.491 e. The number of rotatable bonds is 12. The number of carbonyl (C=O) groups excluding carboxylic acids is 1. The van der Waals surface area contributed by atoms with Crippen LogP contribution < -0.4 is 9.47 Å². The van der Waals surface area contributed by atoms with Crippen LogP contribution in [0, 0.1) is 0 Å². The Labute approximate surface area is 240 Å². The number of halogens is 6. The molecule has 32 heavy (non-hydrogen) atoms. The first-order chi connectivity index (χ1) is 15.2. The SMILES string of the molecule is CC(C(=O)C(C)c1cc(Br)c(OCCCBr)c(Br)c1)c1cc(Br)c(OCCCBr)c(Br)c1. The molecule has 2 atom stereocenters. The average molecular weight is 828 g/mol. The lowest BCUT2D eigenvalue weighted by atomic mass is 9.86. The van der Waals surface area contributed by atoms with Gasteiger partial charge in [0.1, 0.15) is 17.3 Å². The van der Waals surface area contributed by atoms with Crippen molar-refractivity contribution in [2.24, 2.45) is 0 Å². The van der Waals surface area contributed by atoms with E-state index < -0.39 is 0 Å². The first kappa shape index (κ1) is 28.8. The molecule has 0 aliphatic rings. The van der Waals surface area contributed by atoms with Crippen LogP contribution in [0.1, 0.15) is 49.7 Å². The van der Waals surface area contributed by atoms with Crippen LogP contribution in [0.3, 0.4) is 0 Å². The van der Waals surface area contributed by atoms with Crippen molar-refractivity contribution in [1.82, 2.24) is 0 Å². The molecule has 0 saturated carbocycles. The molecule has 2 aromatic carbocycles. The molecule has 3 nitrogen and oxygen atoms in total. The first-order valence-electron chi connectivity index (χ1n) is 10.1. The van der Waals surface area contributed by atoms with Crippen LogP contribution in [0.2, 0.25) is 0 Å². The minimum Gasteiger partial charge on any atom is -0.491 e. The zero-order valence-corrected chi connectivity index (χ0v) is 27.2. The molecule has 0 aromatic heterocycles. The molecule has 0 fully saturated rings. The van der Waals surface area contributed by atoms with Crippen LogP contribution in [0.15, 0.2) is 42.2 Å². The molecule has 0 aliphatic carbocycles. The van der Waals surface area contributed by atoms with Crippen LogP contribution in [0.5, 0.6) is 11.5 Å². The average Bonchev–Trinajstić information content (AvgIpc) is 2.75. The van der Waals surface area contributed by atoms with E-state index >= 15 is 0 Å². The summed E-state index contributed by atoms with van der Waals surface area (Å²) in [4.78, 5) is 13.3. The predicted molar refractivity (Wildman–Crippen MR) is 153 cm³/mol. The molecule has 0 bridgehead atoms. The molecule has 2 rings (SSSR count). The summed E-state index contributed by atoms with van der Waals surface area (Å²) in [6.45, 7) is 5.13. The van der Waals surface area contributed by atoms with Gasteiger partial charge in [0.15, 0.2) is 0 Å². The monoisotopic (exact) mass is 822 g/mol. The van der Waals surface area contributed by atoms with Gasteiger partial charge in [-0.25, -0.2) is 0 Å². The van der Waals surface area contributed by atoms with Gasteiger partial charge in [0.25, 0.3) is 0 Å². The Bertz CT molecular complexity index is 814. The Morgan fingerprint density at radius 1 is 0.719 bits per heavy atom. The second kappa shape index (κ2) is 14.2. The van der Waals surface area contributed by atoms with E-state index in [-0.39, 0.29) is 17.6 Å². The van der Waals surface area contributed by atoms with Gasteiger partial charge < -0.3 is 9.47 Å². The van der Waals surface area contributed by atoms with Crippen molar-refractivity contribution >= 4 is 101 Å². The van der Waals surface area contributed by atoms with Crippen LogP contribution in [0.25, 0.3) is 0 Å². The van der Waals surface area contributed by atoms with Gasteiger partial charge >= 0.3 is 0 Å². The molecular weight excluding hydrogens is 804 g/mol. The normalized spacial score (nSPS) is 13.0. The van der Waals surface area contributed by atoms with Crippen molar-refractivity contribution in [3.8, 4) is 11.5 Å². The Hall–Kier alpha value is 0.590. The van der Waals surface area contributed by atoms with Crippen LogP contribution in [0.4, 0.5) is 0 Å². The Morgan fingerprint density at radius 3 is 1.31 bits per heavy atom. The van der Waals surface area contributed by atoms with E-state index in [1.807, 2.05) is 38.1 Å². The van der Waals surface area contributed by atoms with Crippen molar-refractivity contribution in [2.75, 3.05) is 23.9 Å². The molecule has 0 amide bonds. The predicted octanol–water partition coefficient (Wildman–Crippen LogP) is 9.54. The third-order valence-electron chi connectivity index (χ3n) is 4.94. The lowest BCUT2D eigenvalue weighted by molar-refractivity contribution is -0.121. The van der Waals surface area contributed by atoms with Crippen LogP contribution >= 0.6 is 95.6 Å².